The third-order valence-corrected chi connectivity index (χ3v) is 3.46. The second-order valence-electron chi connectivity index (χ2n) is 4.80. The Kier molecular flexibility index (Phi) is 3.87. The first-order valence-electron chi connectivity index (χ1n) is 6.38. The van der Waals surface area contributed by atoms with E-state index in [0.29, 0.717) is 5.92 Å². The first-order valence-corrected chi connectivity index (χ1v) is 6.38. The van der Waals surface area contributed by atoms with E-state index in [4.69, 9.17) is 4.74 Å². The first kappa shape index (κ1) is 12.9. The summed E-state index contributed by atoms with van der Waals surface area (Å²) in [5, 5.41) is 6.21. The number of ether oxygens (including phenoxy) is 1. The van der Waals surface area contributed by atoms with Crippen LogP contribution in [0.4, 0.5) is 5.69 Å². The molecule has 0 fully saturated rings. The van der Waals surface area contributed by atoms with E-state index in [2.05, 4.69) is 24.5 Å². The van der Waals surface area contributed by atoms with Crippen LogP contribution in [-0.2, 0) is 4.79 Å². The number of hydrogen-bond donors (Lipinski definition) is 2. The molecule has 1 aliphatic rings. The molecule has 1 heterocycles. The zero-order valence-electron chi connectivity index (χ0n) is 11.1. The van der Waals surface area contributed by atoms with E-state index in [1.54, 1.807) is 7.11 Å². The zero-order valence-corrected chi connectivity index (χ0v) is 11.1. The molecule has 1 aromatic rings. The smallest absolute Gasteiger partial charge is 0.246 e. The monoisotopic (exact) mass is 248 g/mol. The fraction of sp³-hybridized carbons (Fsp3) is 0.500. The van der Waals surface area contributed by atoms with Gasteiger partial charge in [0, 0.05) is 11.3 Å². The van der Waals surface area contributed by atoms with E-state index in [1.807, 2.05) is 18.2 Å². The van der Waals surface area contributed by atoms with Crippen molar-refractivity contribution in [2.45, 2.75) is 26.3 Å². The number of methoxy groups -OCH3 is 1. The van der Waals surface area contributed by atoms with Gasteiger partial charge in [0.1, 0.15) is 11.8 Å². The van der Waals surface area contributed by atoms with Crippen molar-refractivity contribution in [1.29, 1.82) is 0 Å². The molecule has 1 aliphatic heterocycles. The van der Waals surface area contributed by atoms with Crippen molar-refractivity contribution in [1.82, 2.24) is 5.32 Å². The molecule has 1 aromatic carbocycles. The third kappa shape index (κ3) is 2.48. The Bertz CT molecular complexity index is 445. The van der Waals surface area contributed by atoms with Crippen LogP contribution >= 0.6 is 0 Å². The minimum absolute atomic E-state index is 0.0153. The van der Waals surface area contributed by atoms with Gasteiger partial charge in [-0.2, -0.15) is 0 Å². The summed E-state index contributed by atoms with van der Waals surface area (Å²) in [4.78, 5) is 11.9. The lowest BCUT2D eigenvalue weighted by Crippen LogP contribution is -2.30. The first-order chi connectivity index (χ1) is 8.65. The molecule has 2 atom stereocenters. The fourth-order valence-electron chi connectivity index (χ4n) is 2.03. The SMILES string of the molecule is CCC(C)CNC1C(=O)Nc2ccc(OC)cc21. The lowest BCUT2D eigenvalue weighted by Gasteiger charge is -2.15. The molecule has 0 aliphatic carbocycles. The van der Waals surface area contributed by atoms with Gasteiger partial charge in [-0.25, -0.2) is 0 Å². The molecule has 4 nitrogen and oxygen atoms in total. The second kappa shape index (κ2) is 5.40. The lowest BCUT2D eigenvalue weighted by atomic mass is 10.1. The Morgan fingerprint density at radius 1 is 1.50 bits per heavy atom. The maximum absolute atomic E-state index is 11.9. The molecule has 0 aromatic heterocycles. The van der Waals surface area contributed by atoms with Gasteiger partial charge in [0.05, 0.1) is 7.11 Å². The van der Waals surface area contributed by atoms with Crippen LogP contribution in [0, 0.1) is 5.92 Å². The molecule has 0 saturated carbocycles. The highest BCUT2D eigenvalue weighted by Crippen LogP contribution is 2.33. The summed E-state index contributed by atoms with van der Waals surface area (Å²) < 4.78 is 5.20. The molecule has 4 heteroatoms. The third-order valence-electron chi connectivity index (χ3n) is 3.46. The van der Waals surface area contributed by atoms with Crippen molar-refractivity contribution in [3.8, 4) is 5.75 Å². The quantitative estimate of drug-likeness (QED) is 0.840. The number of amides is 1. The maximum Gasteiger partial charge on any atom is 0.246 e. The number of nitrogens with one attached hydrogen (secondary N) is 2. The zero-order chi connectivity index (χ0) is 13.1. The number of benzene rings is 1. The van der Waals surface area contributed by atoms with Gasteiger partial charge in [-0.1, -0.05) is 20.3 Å². The van der Waals surface area contributed by atoms with Gasteiger partial charge in [0.15, 0.2) is 0 Å². The number of fused-ring (bicyclic) bond motifs is 1. The summed E-state index contributed by atoms with van der Waals surface area (Å²) in [6.45, 7) is 5.16. The summed E-state index contributed by atoms with van der Waals surface area (Å²) in [5.41, 5.74) is 1.85. The minimum Gasteiger partial charge on any atom is -0.497 e. The van der Waals surface area contributed by atoms with E-state index in [1.165, 1.54) is 0 Å². The molecule has 18 heavy (non-hydrogen) atoms. The molecule has 1 amide bonds. The highest BCUT2D eigenvalue weighted by Gasteiger charge is 2.30. The Labute approximate surface area is 108 Å². The molecule has 2 rings (SSSR count). The van der Waals surface area contributed by atoms with E-state index >= 15 is 0 Å². The molecule has 0 saturated heterocycles. The summed E-state index contributed by atoms with van der Waals surface area (Å²) >= 11 is 0. The van der Waals surface area contributed by atoms with Gasteiger partial charge < -0.3 is 15.4 Å². The Hall–Kier alpha value is -1.55. The molecule has 2 unspecified atom stereocenters. The Balaban J connectivity index is 2.15. The number of rotatable bonds is 5. The lowest BCUT2D eigenvalue weighted by molar-refractivity contribution is -0.117. The normalized spacial score (nSPS) is 19.3. The van der Waals surface area contributed by atoms with Gasteiger partial charge in [0.25, 0.3) is 0 Å². The molecule has 98 valence electrons. The van der Waals surface area contributed by atoms with Crippen molar-refractivity contribution < 1.29 is 9.53 Å². The van der Waals surface area contributed by atoms with Crippen LogP contribution < -0.4 is 15.4 Å². The highest BCUT2D eigenvalue weighted by atomic mass is 16.5. The van der Waals surface area contributed by atoms with Gasteiger partial charge in [-0.05, 0) is 30.7 Å². The second-order valence-corrected chi connectivity index (χ2v) is 4.80. The largest absolute Gasteiger partial charge is 0.497 e. The molecule has 2 N–H and O–H groups in total. The van der Waals surface area contributed by atoms with Crippen molar-refractivity contribution in [3.63, 3.8) is 0 Å². The minimum atomic E-state index is -0.260. The fourth-order valence-corrected chi connectivity index (χ4v) is 2.03. The Morgan fingerprint density at radius 2 is 2.28 bits per heavy atom. The van der Waals surface area contributed by atoms with Crippen molar-refractivity contribution >= 4 is 11.6 Å². The summed E-state index contributed by atoms with van der Waals surface area (Å²) in [5.74, 6) is 1.36. The van der Waals surface area contributed by atoms with E-state index < -0.39 is 0 Å². The van der Waals surface area contributed by atoms with Crippen molar-refractivity contribution in [2.75, 3.05) is 19.0 Å². The van der Waals surface area contributed by atoms with Gasteiger partial charge >= 0.3 is 0 Å². The summed E-state index contributed by atoms with van der Waals surface area (Å²) in [7, 11) is 1.63. The maximum atomic E-state index is 11.9. The molecule has 0 bridgehead atoms. The van der Waals surface area contributed by atoms with Crippen molar-refractivity contribution in [3.05, 3.63) is 23.8 Å². The van der Waals surface area contributed by atoms with E-state index in [0.717, 1.165) is 30.0 Å². The predicted molar refractivity (Wildman–Crippen MR) is 71.8 cm³/mol. The summed E-state index contributed by atoms with van der Waals surface area (Å²) in [6.07, 6.45) is 1.10. The highest BCUT2D eigenvalue weighted by molar-refractivity contribution is 6.02. The summed E-state index contributed by atoms with van der Waals surface area (Å²) in [6, 6.07) is 5.40. The molecular weight excluding hydrogens is 228 g/mol. The standard InChI is InChI=1S/C14H20N2O2/c1-4-9(2)8-15-13-11-7-10(18-3)5-6-12(11)16-14(13)17/h5-7,9,13,15H,4,8H2,1-3H3,(H,16,17). The molecule has 0 radical (unpaired) electrons. The molecular formula is C14H20N2O2. The number of carbonyl (C=O) groups excluding carboxylic acids is 1. The Morgan fingerprint density at radius 3 is 2.94 bits per heavy atom. The van der Waals surface area contributed by atoms with Gasteiger partial charge in [-0.15, -0.1) is 0 Å². The van der Waals surface area contributed by atoms with Crippen LogP contribution in [0.15, 0.2) is 18.2 Å². The topological polar surface area (TPSA) is 50.4 Å². The van der Waals surface area contributed by atoms with Gasteiger partial charge in [-0.3, -0.25) is 4.79 Å². The van der Waals surface area contributed by atoms with Crippen molar-refractivity contribution in [2.24, 2.45) is 5.92 Å². The van der Waals surface area contributed by atoms with E-state index in [9.17, 15) is 4.79 Å². The van der Waals surface area contributed by atoms with Crippen LogP contribution in [0.25, 0.3) is 0 Å². The van der Waals surface area contributed by atoms with Crippen LogP contribution in [0.2, 0.25) is 0 Å². The number of anilines is 1. The predicted octanol–water partition coefficient (Wildman–Crippen LogP) is 2.32. The van der Waals surface area contributed by atoms with Crippen LogP contribution in [0.3, 0.4) is 0 Å². The van der Waals surface area contributed by atoms with Crippen LogP contribution in [0.1, 0.15) is 31.9 Å². The number of carbonyl (C=O) groups is 1. The average Bonchev–Trinajstić information content (AvgIpc) is 2.70. The van der Waals surface area contributed by atoms with Crippen LogP contribution in [-0.4, -0.2) is 19.6 Å². The molecule has 0 spiro atoms. The van der Waals surface area contributed by atoms with Gasteiger partial charge in [0.2, 0.25) is 5.91 Å². The average molecular weight is 248 g/mol. The number of hydrogen-bond acceptors (Lipinski definition) is 3. The van der Waals surface area contributed by atoms with E-state index in [-0.39, 0.29) is 11.9 Å². The van der Waals surface area contributed by atoms with Crippen LogP contribution in [0.5, 0.6) is 5.75 Å².